The van der Waals surface area contributed by atoms with E-state index in [0.717, 1.165) is 12.3 Å². The number of hydrogen-bond donors (Lipinski definition) is 4. The van der Waals surface area contributed by atoms with Crippen LogP contribution in [-0.4, -0.2) is 39.0 Å². The van der Waals surface area contributed by atoms with E-state index in [1.807, 2.05) is 4.72 Å². The lowest BCUT2D eigenvalue weighted by Crippen LogP contribution is -2.31. The Morgan fingerprint density at radius 1 is 1.00 bits per heavy atom. The molecule has 176 valence electrons. The number of aromatic nitrogens is 2. The molecule has 4 rings (SSSR count). The highest BCUT2D eigenvalue weighted by molar-refractivity contribution is 7.92. The zero-order valence-corrected chi connectivity index (χ0v) is 19.8. The van der Waals surface area contributed by atoms with Crippen molar-refractivity contribution >= 4 is 54.1 Å². The van der Waals surface area contributed by atoms with Crippen LogP contribution < -0.4 is 15.0 Å². The van der Waals surface area contributed by atoms with Gasteiger partial charge >= 0.3 is 0 Å². The number of carbonyl (C=O) groups is 1. The highest BCUT2D eigenvalue weighted by atomic mass is 35.5. The van der Waals surface area contributed by atoms with Crippen LogP contribution in [-0.2, 0) is 20.0 Å². The molecule has 4 N–H and O–H groups in total. The number of anilines is 1. The minimum absolute atomic E-state index is 0.00888. The van der Waals surface area contributed by atoms with Crippen LogP contribution in [0.2, 0.25) is 5.02 Å². The summed E-state index contributed by atoms with van der Waals surface area (Å²) in [6, 6.07) is 12.8. The normalized spacial score (nSPS) is 11.9. The maximum absolute atomic E-state index is 13.1. The van der Waals surface area contributed by atoms with Crippen LogP contribution in [0.1, 0.15) is 10.5 Å². The van der Waals surface area contributed by atoms with E-state index >= 15 is 0 Å². The van der Waals surface area contributed by atoms with E-state index < -0.39 is 31.5 Å². The minimum Gasteiger partial charge on any atom is -0.350 e. The average Bonchev–Trinajstić information content (AvgIpc) is 3.11. The summed E-state index contributed by atoms with van der Waals surface area (Å²) < 4.78 is 52.9. The van der Waals surface area contributed by atoms with E-state index in [1.165, 1.54) is 30.5 Å². The summed E-state index contributed by atoms with van der Waals surface area (Å²) in [6.07, 6.45) is 2.35. The van der Waals surface area contributed by atoms with Crippen molar-refractivity contribution in [1.82, 2.24) is 14.7 Å². The van der Waals surface area contributed by atoms with Gasteiger partial charge in [-0.3, -0.25) is 14.3 Å². The lowest BCUT2D eigenvalue weighted by atomic mass is 10.0. The number of pyridine rings is 1. The molecule has 4 aromatic rings. The fourth-order valence-electron chi connectivity index (χ4n) is 3.41. The van der Waals surface area contributed by atoms with E-state index in [1.54, 1.807) is 24.3 Å². The van der Waals surface area contributed by atoms with Gasteiger partial charge in [-0.1, -0.05) is 17.7 Å². The van der Waals surface area contributed by atoms with Gasteiger partial charge in [-0.15, -0.1) is 0 Å². The smallest absolute Gasteiger partial charge is 0.282 e. The molecule has 2 aromatic heterocycles. The molecular weight excluding hydrogens is 504 g/mol. The molecule has 0 unspecified atom stereocenters. The first-order chi connectivity index (χ1) is 15.9. The van der Waals surface area contributed by atoms with E-state index in [4.69, 9.17) is 11.6 Å². The van der Waals surface area contributed by atoms with Crippen LogP contribution in [0.4, 0.5) is 5.69 Å². The van der Waals surface area contributed by atoms with Crippen molar-refractivity contribution in [2.75, 3.05) is 11.0 Å². The molecule has 1 amide bonds. The van der Waals surface area contributed by atoms with Crippen molar-refractivity contribution in [3.05, 3.63) is 81.9 Å². The Hall–Kier alpha value is -3.61. The zero-order valence-electron chi connectivity index (χ0n) is 17.4. The molecule has 0 aliphatic heterocycles. The lowest BCUT2D eigenvalue weighted by Gasteiger charge is -2.10. The lowest BCUT2D eigenvalue weighted by molar-refractivity contribution is 0.0978. The molecule has 0 fully saturated rings. The van der Waals surface area contributed by atoms with Crippen molar-refractivity contribution in [2.24, 2.45) is 0 Å². The van der Waals surface area contributed by atoms with Crippen molar-refractivity contribution < 1.29 is 21.6 Å². The highest BCUT2D eigenvalue weighted by Crippen LogP contribution is 2.32. The van der Waals surface area contributed by atoms with E-state index in [9.17, 15) is 26.4 Å². The standard InChI is InChI=1S/C21H17ClN4O6S2/c1-33(29,30)25-13-4-2-5-14(11-13)34(31,32)26-21(28)19-18(15-6-3-9-23-20(15)27)16-10-12(22)7-8-17(16)24-19/h2-11,24-25H,1H3,(H,23,27)(H,26,28). The zero-order chi connectivity index (χ0) is 24.7. The molecular formula is C21H17ClN4O6S2. The average molecular weight is 521 g/mol. The molecule has 10 nitrogen and oxygen atoms in total. The molecule has 0 spiro atoms. The van der Waals surface area contributed by atoms with Crippen LogP contribution in [0.25, 0.3) is 22.0 Å². The van der Waals surface area contributed by atoms with Gasteiger partial charge in [0.05, 0.1) is 11.2 Å². The first kappa shape index (κ1) is 23.5. The van der Waals surface area contributed by atoms with Gasteiger partial charge in [0.25, 0.3) is 21.5 Å². The van der Waals surface area contributed by atoms with E-state index in [2.05, 4.69) is 14.7 Å². The summed E-state index contributed by atoms with van der Waals surface area (Å²) in [5.74, 6) is -1.02. The predicted octanol–water partition coefficient (Wildman–Crippen LogP) is 2.67. The quantitative estimate of drug-likeness (QED) is 0.306. The molecule has 13 heteroatoms. The molecule has 0 saturated carbocycles. The molecule has 0 bridgehead atoms. The second-order valence-corrected chi connectivity index (χ2v) is 11.2. The van der Waals surface area contributed by atoms with Gasteiger partial charge in [-0.2, -0.15) is 0 Å². The van der Waals surface area contributed by atoms with Crippen LogP contribution >= 0.6 is 11.6 Å². The third kappa shape index (κ3) is 4.83. The molecule has 0 radical (unpaired) electrons. The number of carbonyl (C=O) groups excluding carboxylic acids is 1. The fourth-order valence-corrected chi connectivity index (χ4v) is 5.14. The third-order valence-corrected chi connectivity index (χ3v) is 6.92. The van der Waals surface area contributed by atoms with Crippen LogP contribution in [0.3, 0.4) is 0 Å². The number of H-pyrrole nitrogens is 2. The van der Waals surface area contributed by atoms with Gasteiger partial charge in [-0.25, -0.2) is 21.6 Å². The SMILES string of the molecule is CS(=O)(=O)Nc1cccc(S(=O)(=O)NC(=O)c2[nH]c3ccc(Cl)cc3c2-c2ccc[nH]c2=O)c1. The Kier molecular flexibility index (Phi) is 5.98. The van der Waals surface area contributed by atoms with Crippen molar-refractivity contribution in [1.29, 1.82) is 0 Å². The second-order valence-electron chi connectivity index (χ2n) is 7.31. The number of nitrogens with one attached hydrogen (secondary N) is 4. The molecule has 0 aliphatic carbocycles. The molecule has 0 saturated heterocycles. The van der Waals surface area contributed by atoms with Crippen molar-refractivity contribution in [3.63, 3.8) is 0 Å². The fraction of sp³-hybridized carbons (Fsp3) is 0.0476. The largest absolute Gasteiger partial charge is 0.350 e. The summed E-state index contributed by atoms with van der Waals surface area (Å²) in [7, 11) is -8.05. The molecule has 34 heavy (non-hydrogen) atoms. The Balaban J connectivity index is 1.79. The first-order valence-corrected chi connectivity index (χ1v) is 13.3. The van der Waals surface area contributed by atoms with Crippen molar-refractivity contribution in [2.45, 2.75) is 4.90 Å². The van der Waals surface area contributed by atoms with Gasteiger partial charge in [0.15, 0.2) is 0 Å². The maximum atomic E-state index is 13.1. The number of fused-ring (bicyclic) bond motifs is 1. The second kappa shape index (κ2) is 8.63. The van der Waals surface area contributed by atoms with Gasteiger partial charge < -0.3 is 9.97 Å². The number of hydrogen-bond acceptors (Lipinski definition) is 6. The number of sulfonamides is 2. The Morgan fingerprint density at radius 2 is 1.76 bits per heavy atom. The van der Waals surface area contributed by atoms with Gasteiger partial charge in [-0.05, 0) is 48.5 Å². The summed E-state index contributed by atoms with van der Waals surface area (Å²) in [5.41, 5.74) is 0.138. The van der Waals surface area contributed by atoms with Crippen LogP contribution in [0.15, 0.2) is 70.5 Å². The Labute approximate surface area is 199 Å². The van der Waals surface area contributed by atoms with Crippen LogP contribution in [0.5, 0.6) is 0 Å². The minimum atomic E-state index is -4.41. The first-order valence-electron chi connectivity index (χ1n) is 9.59. The summed E-state index contributed by atoms with van der Waals surface area (Å²) in [4.78, 5) is 30.6. The summed E-state index contributed by atoms with van der Waals surface area (Å²) in [5, 5.41) is 0.806. The monoisotopic (exact) mass is 520 g/mol. The van der Waals surface area contributed by atoms with Crippen LogP contribution in [0, 0.1) is 0 Å². The predicted molar refractivity (Wildman–Crippen MR) is 129 cm³/mol. The molecule has 0 aliphatic rings. The van der Waals surface area contributed by atoms with Gasteiger partial charge in [0.2, 0.25) is 10.0 Å². The Bertz CT molecular complexity index is 1710. The van der Waals surface area contributed by atoms with Gasteiger partial charge in [0.1, 0.15) is 5.69 Å². The molecule has 2 aromatic carbocycles. The number of rotatable bonds is 6. The number of amides is 1. The maximum Gasteiger partial charge on any atom is 0.282 e. The van der Waals surface area contributed by atoms with Crippen molar-refractivity contribution in [3.8, 4) is 11.1 Å². The summed E-state index contributed by atoms with van der Waals surface area (Å²) in [6.45, 7) is 0. The third-order valence-electron chi connectivity index (χ3n) is 4.75. The molecule has 2 heterocycles. The topological polar surface area (TPSA) is 158 Å². The number of benzene rings is 2. The molecule has 0 atom stereocenters. The Morgan fingerprint density at radius 3 is 2.47 bits per heavy atom. The van der Waals surface area contributed by atoms with Gasteiger partial charge in [0, 0.05) is 38.9 Å². The number of aromatic amines is 2. The number of halogens is 1. The van der Waals surface area contributed by atoms with E-state index in [0.29, 0.717) is 15.9 Å². The highest BCUT2D eigenvalue weighted by Gasteiger charge is 2.26. The van der Waals surface area contributed by atoms with E-state index in [-0.39, 0.29) is 27.4 Å². The summed E-state index contributed by atoms with van der Waals surface area (Å²) >= 11 is 6.11.